The van der Waals surface area contributed by atoms with Gasteiger partial charge in [-0.2, -0.15) is 0 Å². The molecule has 2 heterocycles. The predicted molar refractivity (Wildman–Crippen MR) is 154 cm³/mol. The van der Waals surface area contributed by atoms with E-state index in [4.69, 9.17) is 4.98 Å². The van der Waals surface area contributed by atoms with Crippen molar-refractivity contribution < 1.29 is 13.2 Å². The average molecular weight is 570 g/mol. The molecule has 10 nitrogen and oxygen atoms in total. The van der Waals surface area contributed by atoms with Crippen LogP contribution >= 0.6 is 11.8 Å². The first-order valence-electron chi connectivity index (χ1n) is 12.1. The van der Waals surface area contributed by atoms with Gasteiger partial charge in [0, 0.05) is 29.2 Å². The third kappa shape index (κ3) is 6.47. The molecule has 0 aliphatic carbocycles. The van der Waals surface area contributed by atoms with E-state index in [0.717, 1.165) is 11.1 Å². The largest absolute Gasteiger partial charge is 0.325 e. The smallest absolute Gasteiger partial charge is 0.264 e. The minimum atomic E-state index is -3.88. The van der Waals surface area contributed by atoms with Gasteiger partial charge in [0.1, 0.15) is 11.4 Å². The van der Waals surface area contributed by atoms with E-state index in [-0.39, 0.29) is 16.8 Å². The Morgan fingerprint density at radius 2 is 1.38 bits per heavy atom. The van der Waals surface area contributed by atoms with Gasteiger partial charge in [-0.15, -0.1) is 10.2 Å². The summed E-state index contributed by atoms with van der Waals surface area (Å²) in [5, 5.41) is 11.3. The number of carbonyl (C=O) groups excluding carboxylic acids is 1. The summed E-state index contributed by atoms with van der Waals surface area (Å²) in [7, 11) is -3.88. The van der Waals surface area contributed by atoms with Crippen LogP contribution in [-0.4, -0.2) is 44.7 Å². The molecular formula is C28H23N7O3S2. The number of nitrogens with one attached hydrogen (secondary N) is 2. The van der Waals surface area contributed by atoms with Crippen molar-refractivity contribution in [1.29, 1.82) is 0 Å². The molecule has 40 heavy (non-hydrogen) atoms. The summed E-state index contributed by atoms with van der Waals surface area (Å²) in [4.78, 5) is 25.4. The van der Waals surface area contributed by atoms with Gasteiger partial charge in [0.25, 0.3) is 10.0 Å². The van der Waals surface area contributed by atoms with Gasteiger partial charge in [-0.25, -0.2) is 28.1 Å². The molecule has 5 aromatic rings. The highest BCUT2D eigenvalue weighted by molar-refractivity contribution is 8.00. The molecule has 0 aliphatic heterocycles. The van der Waals surface area contributed by atoms with Gasteiger partial charge in [-0.1, -0.05) is 72.4 Å². The number of amides is 1. The van der Waals surface area contributed by atoms with Gasteiger partial charge in [-0.05, 0) is 37.3 Å². The molecule has 1 unspecified atom stereocenters. The lowest BCUT2D eigenvalue weighted by Crippen LogP contribution is -2.23. The highest BCUT2D eigenvalue weighted by Gasteiger charge is 2.20. The van der Waals surface area contributed by atoms with Crippen molar-refractivity contribution in [2.24, 2.45) is 0 Å². The van der Waals surface area contributed by atoms with Crippen LogP contribution in [-0.2, 0) is 14.8 Å². The number of anilines is 2. The third-order valence-electron chi connectivity index (χ3n) is 5.64. The van der Waals surface area contributed by atoms with E-state index in [1.807, 2.05) is 60.7 Å². The summed E-state index contributed by atoms with van der Waals surface area (Å²) < 4.78 is 27.5. The van der Waals surface area contributed by atoms with Crippen LogP contribution in [0.3, 0.4) is 0 Å². The van der Waals surface area contributed by atoms with Crippen molar-refractivity contribution in [3.05, 3.63) is 103 Å². The lowest BCUT2D eigenvalue weighted by molar-refractivity contribution is -0.115. The molecule has 0 bridgehead atoms. The molecule has 0 radical (unpaired) electrons. The molecule has 12 heteroatoms. The fourth-order valence-electron chi connectivity index (χ4n) is 3.65. The quantitative estimate of drug-likeness (QED) is 0.237. The van der Waals surface area contributed by atoms with E-state index in [2.05, 4.69) is 30.2 Å². The first kappa shape index (κ1) is 26.9. The number of thioether (sulfide) groups is 1. The van der Waals surface area contributed by atoms with Gasteiger partial charge >= 0.3 is 0 Å². The van der Waals surface area contributed by atoms with Crippen LogP contribution < -0.4 is 10.0 Å². The van der Waals surface area contributed by atoms with E-state index in [0.29, 0.717) is 22.2 Å². The maximum Gasteiger partial charge on any atom is 0.264 e. The number of sulfonamides is 1. The number of carbonyl (C=O) groups is 1. The monoisotopic (exact) mass is 569 g/mol. The number of nitrogens with zero attached hydrogens (tertiary/aromatic N) is 5. The Morgan fingerprint density at radius 1 is 0.775 bits per heavy atom. The van der Waals surface area contributed by atoms with Crippen LogP contribution in [0.1, 0.15) is 6.92 Å². The Kier molecular flexibility index (Phi) is 8.08. The van der Waals surface area contributed by atoms with Gasteiger partial charge < -0.3 is 5.32 Å². The molecule has 1 amide bonds. The van der Waals surface area contributed by atoms with Gasteiger partial charge in [-0.3, -0.25) is 4.79 Å². The zero-order chi connectivity index (χ0) is 28.0. The van der Waals surface area contributed by atoms with Crippen LogP contribution in [0.4, 0.5) is 11.6 Å². The number of benzene rings is 3. The summed E-state index contributed by atoms with van der Waals surface area (Å²) >= 11 is 1.18. The second kappa shape index (κ2) is 12.0. The number of hydrogen-bond donors (Lipinski definition) is 2. The molecule has 1 atom stereocenters. The zero-order valence-corrected chi connectivity index (χ0v) is 22.8. The predicted octanol–water partition coefficient (Wildman–Crippen LogP) is 4.92. The minimum Gasteiger partial charge on any atom is -0.325 e. The maximum atomic E-state index is 12.9. The minimum absolute atomic E-state index is 0.00629. The lowest BCUT2D eigenvalue weighted by Gasteiger charge is -2.13. The molecule has 200 valence electrons. The Morgan fingerprint density at radius 3 is 2.00 bits per heavy atom. The van der Waals surface area contributed by atoms with Crippen molar-refractivity contribution in [3.63, 3.8) is 0 Å². The molecule has 0 saturated carbocycles. The molecule has 2 N–H and O–H groups in total. The first-order valence-corrected chi connectivity index (χ1v) is 14.5. The van der Waals surface area contributed by atoms with Crippen molar-refractivity contribution in [1.82, 2.24) is 25.1 Å². The normalized spacial score (nSPS) is 11.9. The highest BCUT2D eigenvalue weighted by Crippen LogP contribution is 2.31. The summed E-state index contributed by atoms with van der Waals surface area (Å²) in [6.45, 7) is 1.74. The number of rotatable bonds is 9. The van der Waals surface area contributed by atoms with Gasteiger partial charge in [0.05, 0.1) is 10.1 Å². The summed E-state index contributed by atoms with van der Waals surface area (Å²) in [5.74, 6) is -0.330. The topological polar surface area (TPSA) is 140 Å². The lowest BCUT2D eigenvalue weighted by atomic mass is 10.0. The van der Waals surface area contributed by atoms with Crippen molar-refractivity contribution in [3.8, 4) is 22.5 Å². The van der Waals surface area contributed by atoms with E-state index in [1.165, 1.54) is 48.4 Å². The van der Waals surface area contributed by atoms with Crippen molar-refractivity contribution in [2.45, 2.75) is 22.2 Å². The van der Waals surface area contributed by atoms with Crippen molar-refractivity contribution >= 4 is 39.3 Å². The summed E-state index contributed by atoms with van der Waals surface area (Å²) in [5.41, 5.74) is 3.54. The second-order valence-corrected chi connectivity index (χ2v) is 11.5. The average Bonchev–Trinajstić information content (AvgIpc) is 2.98. The van der Waals surface area contributed by atoms with Crippen molar-refractivity contribution in [2.75, 3.05) is 10.0 Å². The van der Waals surface area contributed by atoms with E-state index in [9.17, 15) is 13.2 Å². The number of aromatic nitrogens is 5. The SMILES string of the molecule is CC(Sc1nnc(-c2ccccc2)c(-c2ccccc2)n1)C(=O)Nc1ccc(S(=O)(=O)Nc2ncccn2)cc1. The maximum absolute atomic E-state index is 12.9. The second-order valence-electron chi connectivity index (χ2n) is 8.48. The van der Waals surface area contributed by atoms with Crippen LogP contribution in [0, 0.1) is 0 Å². The van der Waals surface area contributed by atoms with E-state index < -0.39 is 15.3 Å². The fourth-order valence-corrected chi connectivity index (χ4v) is 5.32. The third-order valence-corrected chi connectivity index (χ3v) is 7.93. The molecule has 0 fully saturated rings. The molecule has 5 rings (SSSR count). The number of hydrogen-bond acceptors (Lipinski definition) is 9. The van der Waals surface area contributed by atoms with Crippen LogP contribution in [0.5, 0.6) is 0 Å². The summed E-state index contributed by atoms with van der Waals surface area (Å²) in [6, 6.07) is 26.7. The molecule has 3 aromatic carbocycles. The Bertz CT molecular complexity index is 1710. The highest BCUT2D eigenvalue weighted by atomic mass is 32.2. The molecule has 2 aromatic heterocycles. The Hall–Kier alpha value is -4.68. The zero-order valence-electron chi connectivity index (χ0n) is 21.2. The van der Waals surface area contributed by atoms with Crippen LogP contribution in [0.15, 0.2) is 113 Å². The van der Waals surface area contributed by atoms with Gasteiger partial charge in [0.2, 0.25) is 17.0 Å². The van der Waals surface area contributed by atoms with Gasteiger partial charge in [0.15, 0.2) is 0 Å². The molecular weight excluding hydrogens is 546 g/mol. The molecule has 0 spiro atoms. The Labute approximate surface area is 235 Å². The van der Waals surface area contributed by atoms with E-state index in [1.54, 1.807) is 13.0 Å². The van der Waals surface area contributed by atoms with E-state index >= 15 is 0 Å². The van der Waals surface area contributed by atoms with Crippen LogP contribution in [0.2, 0.25) is 0 Å². The Balaban J connectivity index is 1.28. The molecule has 0 aliphatic rings. The first-order chi connectivity index (χ1) is 19.4. The summed E-state index contributed by atoms with van der Waals surface area (Å²) in [6.07, 6.45) is 2.87. The molecule has 0 saturated heterocycles. The standard InChI is InChI=1S/C28H23N7O3S2/c1-19(26(36)31-22-13-15-23(16-14-22)40(37,38)35-27-29-17-8-18-30-27)39-28-32-24(20-9-4-2-5-10-20)25(33-34-28)21-11-6-3-7-12-21/h2-19H,1H3,(H,31,36)(H,29,30,35). The van der Waals surface area contributed by atoms with Crippen LogP contribution in [0.25, 0.3) is 22.5 Å². The fraction of sp³-hybridized carbons (Fsp3) is 0.0714.